The molecule has 1 aliphatic rings. The number of aliphatic hydroxyl groups excluding tert-OH is 1. The van der Waals surface area contributed by atoms with E-state index in [1.807, 2.05) is 0 Å². The topological polar surface area (TPSA) is 44.3 Å². The predicted octanol–water partition coefficient (Wildman–Crippen LogP) is 1.28. The molecule has 100 valence electrons. The highest BCUT2D eigenvalue weighted by atomic mass is 16.3. The molecule has 3 nitrogen and oxygen atoms in total. The first-order valence-corrected chi connectivity index (χ1v) is 6.74. The van der Waals surface area contributed by atoms with Crippen LogP contribution in [0.15, 0.2) is 12.1 Å². The molecule has 0 aromatic heterocycles. The minimum Gasteiger partial charge on any atom is -0.391 e. The first-order chi connectivity index (χ1) is 8.58. The van der Waals surface area contributed by atoms with Crippen molar-refractivity contribution in [3.63, 3.8) is 0 Å². The Hall–Kier alpha value is -0.900. The van der Waals surface area contributed by atoms with Crippen molar-refractivity contribution in [1.82, 2.24) is 10.6 Å². The van der Waals surface area contributed by atoms with Gasteiger partial charge in [0.1, 0.15) is 0 Å². The number of rotatable bonds is 4. The third kappa shape index (κ3) is 3.10. The van der Waals surface area contributed by atoms with Gasteiger partial charge in [-0.2, -0.15) is 0 Å². The lowest BCUT2D eigenvalue weighted by molar-refractivity contribution is 0.146. The summed E-state index contributed by atoms with van der Waals surface area (Å²) in [6.45, 7) is 9.89. The number of aliphatic hydroxyl groups is 1. The molecule has 0 spiro atoms. The van der Waals surface area contributed by atoms with Crippen molar-refractivity contribution < 1.29 is 5.11 Å². The van der Waals surface area contributed by atoms with Crippen LogP contribution in [0.5, 0.6) is 0 Å². The molecule has 0 amide bonds. The molecule has 3 heteroatoms. The van der Waals surface area contributed by atoms with Gasteiger partial charge in [0.25, 0.3) is 0 Å². The zero-order valence-electron chi connectivity index (χ0n) is 11.6. The maximum Gasteiger partial charge on any atom is 0.0716 e. The summed E-state index contributed by atoms with van der Waals surface area (Å²) in [5, 5.41) is 16.4. The molecular weight excluding hydrogens is 224 g/mol. The van der Waals surface area contributed by atoms with E-state index in [9.17, 15) is 5.11 Å². The molecule has 3 N–H and O–H groups in total. The fourth-order valence-electron chi connectivity index (χ4n) is 2.80. The highest BCUT2D eigenvalue weighted by Crippen LogP contribution is 2.16. The van der Waals surface area contributed by atoms with E-state index in [4.69, 9.17) is 0 Å². The first-order valence-electron chi connectivity index (χ1n) is 6.74. The average Bonchev–Trinajstić information content (AvgIpc) is 2.68. The monoisotopic (exact) mass is 248 g/mol. The van der Waals surface area contributed by atoms with Crippen molar-refractivity contribution in [2.24, 2.45) is 5.92 Å². The van der Waals surface area contributed by atoms with Gasteiger partial charge in [0, 0.05) is 32.1 Å². The molecule has 2 atom stereocenters. The fraction of sp³-hybridized carbons (Fsp3) is 0.600. The van der Waals surface area contributed by atoms with Crippen molar-refractivity contribution in [3.8, 4) is 0 Å². The summed E-state index contributed by atoms with van der Waals surface area (Å²) < 4.78 is 0. The van der Waals surface area contributed by atoms with Gasteiger partial charge in [-0.25, -0.2) is 0 Å². The van der Waals surface area contributed by atoms with Crippen molar-refractivity contribution in [1.29, 1.82) is 0 Å². The van der Waals surface area contributed by atoms with Crippen LogP contribution in [0, 0.1) is 26.7 Å². The van der Waals surface area contributed by atoms with E-state index in [-0.39, 0.29) is 6.10 Å². The van der Waals surface area contributed by atoms with Crippen LogP contribution in [0.1, 0.15) is 22.3 Å². The lowest BCUT2D eigenvalue weighted by Gasteiger charge is -2.16. The van der Waals surface area contributed by atoms with E-state index in [2.05, 4.69) is 43.5 Å². The van der Waals surface area contributed by atoms with Crippen LogP contribution < -0.4 is 10.6 Å². The lowest BCUT2D eigenvalue weighted by Crippen LogP contribution is -2.30. The van der Waals surface area contributed by atoms with Crippen molar-refractivity contribution in [2.75, 3.05) is 19.6 Å². The van der Waals surface area contributed by atoms with Crippen molar-refractivity contribution in [3.05, 3.63) is 34.4 Å². The Balaban J connectivity index is 1.90. The van der Waals surface area contributed by atoms with Crippen LogP contribution in [0.4, 0.5) is 0 Å². The highest BCUT2D eigenvalue weighted by Gasteiger charge is 2.24. The van der Waals surface area contributed by atoms with Gasteiger partial charge in [-0.3, -0.25) is 0 Å². The number of benzene rings is 1. The Morgan fingerprint density at radius 2 is 1.89 bits per heavy atom. The molecule has 0 saturated carbocycles. The smallest absolute Gasteiger partial charge is 0.0716 e. The number of aryl methyl sites for hydroxylation is 3. The normalized spacial score (nSPS) is 23.6. The van der Waals surface area contributed by atoms with Crippen LogP contribution in [0.2, 0.25) is 0 Å². The zero-order chi connectivity index (χ0) is 13.1. The third-order valence-corrected chi connectivity index (χ3v) is 3.85. The SMILES string of the molecule is Cc1cc(C)c(CNCC2CNCC2O)c(C)c1. The van der Waals surface area contributed by atoms with Gasteiger partial charge in [0.2, 0.25) is 0 Å². The van der Waals surface area contributed by atoms with Gasteiger partial charge in [0.15, 0.2) is 0 Å². The van der Waals surface area contributed by atoms with E-state index in [0.29, 0.717) is 5.92 Å². The maximum absolute atomic E-state index is 9.73. The summed E-state index contributed by atoms with van der Waals surface area (Å²) in [5.74, 6) is 0.344. The summed E-state index contributed by atoms with van der Waals surface area (Å²) in [4.78, 5) is 0. The van der Waals surface area contributed by atoms with Gasteiger partial charge in [-0.15, -0.1) is 0 Å². The minimum absolute atomic E-state index is 0.197. The van der Waals surface area contributed by atoms with Gasteiger partial charge >= 0.3 is 0 Å². The second-order valence-corrected chi connectivity index (χ2v) is 5.49. The van der Waals surface area contributed by atoms with Gasteiger partial charge < -0.3 is 15.7 Å². The molecule has 1 fully saturated rings. The summed E-state index contributed by atoms with van der Waals surface area (Å²) in [5.41, 5.74) is 5.42. The van der Waals surface area contributed by atoms with E-state index in [0.717, 1.165) is 26.2 Å². The summed E-state index contributed by atoms with van der Waals surface area (Å²) >= 11 is 0. The largest absolute Gasteiger partial charge is 0.391 e. The Labute approximate surface area is 110 Å². The Kier molecular flexibility index (Phi) is 4.38. The summed E-state index contributed by atoms with van der Waals surface area (Å²) in [7, 11) is 0. The van der Waals surface area contributed by atoms with Gasteiger partial charge in [-0.1, -0.05) is 17.7 Å². The zero-order valence-corrected chi connectivity index (χ0v) is 11.6. The van der Waals surface area contributed by atoms with Gasteiger partial charge in [0.05, 0.1) is 6.10 Å². The van der Waals surface area contributed by atoms with Gasteiger partial charge in [-0.05, 0) is 37.5 Å². The highest BCUT2D eigenvalue weighted by molar-refractivity contribution is 5.37. The predicted molar refractivity (Wildman–Crippen MR) is 74.7 cm³/mol. The van der Waals surface area contributed by atoms with E-state index in [1.165, 1.54) is 22.3 Å². The van der Waals surface area contributed by atoms with Crippen LogP contribution in [0.25, 0.3) is 0 Å². The molecule has 0 aliphatic carbocycles. The first kappa shape index (κ1) is 13.5. The molecule has 0 radical (unpaired) electrons. The fourth-order valence-corrected chi connectivity index (χ4v) is 2.80. The van der Waals surface area contributed by atoms with Crippen LogP contribution in [-0.2, 0) is 6.54 Å². The molecule has 1 aromatic carbocycles. The van der Waals surface area contributed by atoms with Crippen LogP contribution >= 0.6 is 0 Å². The standard InChI is InChI=1S/C15H24N2O/c1-10-4-11(2)14(12(3)5-10)8-16-6-13-7-17-9-15(13)18/h4-5,13,15-18H,6-9H2,1-3H3. The Morgan fingerprint density at radius 3 is 2.44 bits per heavy atom. The summed E-state index contributed by atoms with van der Waals surface area (Å²) in [6, 6.07) is 4.46. The number of β-amino-alcohol motifs (C(OH)–C–C–N with tert-alkyl or cyclic N) is 1. The molecule has 1 aliphatic heterocycles. The Bertz CT molecular complexity index is 394. The van der Waals surface area contributed by atoms with Crippen LogP contribution in [-0.4, -0.2) is 30.8 Å². The van der Waals surface area contributed by atoms with E-state index < -0.39 is 0 Å². The second kappa shape index (κ2) is 5.83. The van der Waals surface area contributed by atoms with Crippen LogP contribution in [0.3, 0.4) is 0 Å². The van der Waals surface area contributed by atoms with Crippen molar-refractivity contribution >= 4 is 0 Å². The summed E-state index contributed by atoms with van der Waals surface area (Å²) in [6.07, 6.45) is -0.197. The number of hydrogen-bond acceptors (Lipinski definition) is 3. The minimum atomic E-state index is -0.197. The maximum atomic E-state index is 9.73. The second-order valence-electron chi connectivity index (χ2n) is 5.49. The third-order valence-electron chi connectivity index (χ3n) is 3.85. The Morgan fingerprint density at radius 1 is 1.22 bits per heavy atom. The molecule has 2 rings (SSSR count). The molecule has 1 heterocycles. The number of hydrogen-bond donors (Lipinski definition) is 3. The van der Waals surface area contributed by atoms with Crippen molar-refractivity contribution in [2.45, 2.75) is 33.4 Å². The van der Waals surface area contributed by atoms with E-state index in [1.54, 1.807) is 0 Å². The number of nitrogens with one attached hydrogen (secondary N) is 2. The average molecular weight is 248 g/mol. The molecule has 18 heavy (non-hydrogen) atoms. The lowest BCUT2D eigenvalue weighted by atomic mass is 9.99. The molecular formula is C15H24N2O. The molecule has 2 unspecified atom stereocenters. The molecule has 0 bridgehead atoms. The quantitative estimate of drug-likeness (QED) is 0.752. The molecule has 1 saturated heterocycles. The van der Waals surface area contributed by atoms with E-state index >= 15 is 0 Å². The molecule has 1 aromatic rings.